The first-order chi connectivity index (χ1) is 14.0. The monoisotopic (exact) mass is 519 g/mol. The molecule has 1 aliphatic carbocycles. The largest absolute Gasteiger partial charge is 0.457 e. The third-order valence-corrected chi connectivity index (χ3v) is 8.20. The smallest absolute Gasteiger partial charge is 0.338 e. The lowest BCUT2D eigenvalue weighted by Gasteiger charge is -2.29. The fourth-order valence-corrected chi connectivity index (χ4v) is 5.17. The molecular formula is C22H19Br2NO4. The number of carbonyl (C=O) groups is 3. The van der Waals surface area contributed by atoms with Crippen molar-refractivity contribution in [1.29, 1.82) is 0 Å². The van der Waals surface area contributed by atoms with Crippen LogP contribution in [0.3, 0.4) is 0 Å². The number of esters is 1. The lowest BCUT2D eigenvalue weighted by atomic mass is 9.81. The number of benzene rings is 2. The van der Waals surface area contributed by atoms with Crippen LogP contribution in [0.1, 0.15) is 28.8 Å². The first-order valence-electron chi connectivity index (χ1n) is 9.43. The Morgan fingerprint density at radius 2 is 1.55 bits per heavy atom. The zero-order valence-corrected chi connectivity index (χ0v) is 18.6. The number of imide groups is 1. The number of hydrogen-bond acceptors (Lipinski definition) is 4. The van der Waals surface area contributed by atoms with Crippen molar-refractivity contribution in [3.8, 4) is 0 Å². The molecule has 2 amide bonds. The fraction of sp³-hybridized carbons (Fsp3) is 0.318. The Morgan fingerprint density at radius 1 is 0.931 bits per heavy atom. The summed E-state index contributed by atoms with van der Waals surface area (Å²) in [4.78, 5) is 39.9. The zero-order valence-electron chi connectivity index (χ0n) is 15.5. The van der Waals surface area contributed by atoms with Gasteiger partial charge in [-0.1, -0.05) is 68.3 Å². The van der Waals surface area contributed by atoms with Gasteiger partial charge in [0.15, 0.2) is 0 Å². The molecule has 1 saturated carbocycles. The molecule has 2 aromatic carbocycles. The van der Waals surface area contributed by atoms with E-state index in [1.807, 2.05) is 30.3 Å². The van der Waals surface area contributed by atoms with E-state index in [0.717, 1.165) is 5.56 Å². The summed E-state index contributed by atoms with van der Waals surface area (Å²) in [6.07, 6.45) is 1.22. The molecule has 29 heavy (non-hydrogen) atoms. The number of amides is 2. The van der Waals surface area contributed by atoms with E-state index < -0.39 is 5.97 Å². The Balaban J connectivity index is 1.52. The van der Waals surface area contributed by atoms with Crippen molar-refractivity contribution in [1.82, 2.24) is 0 Å². The second-order valence-electron chi connectivity index (χ2n) is 7.34. The van der Waals surface area contributed by atoms with Gasteiger partial charge in [0.05, 0.1) is 23.1 Å². The highest BCUT2D eigenvalue weighted by Gasteiger charge is 2.52. The van der Waals surface area contributed by atoms with Gasteiger partial charge in [-0.2, -0.15) is 0 Å². The highest BCUT2D eigenvalue weighted by Crippen LogP contribution is 2.44. The number of anilines is 1. The van der Waals surface area contributed by atoms with Gasteiger partial charge in [-0.25, -0.2) is 4.79 Å². The van der Waals surface area contributed by atoms with Crippen LogP contribution in [-0.4, -0.2) is 27.4 Å². The number of alkyl halides is 2. The molecule has 7 heteroatoms. The molecule has 1 heterocycles. The van der Waals surface area contributed by atoms with E-state index in [1.54, 1.807) is 24.3 Å². The summed E-state index contributed by atoms with van der Waals surface area (Å²) in [6, 6.07) is 15.9. The number of fused-ring (bicyclic) bond motifs is 1. The third-order valence-electron chi connectivity index (χ3n) is 5.46. The third kappa shape index (κ3) is 4.03. The maximum atomic E-state index is 12.9. The van der Waals surface area contributed by atoms with Gasteiger partial charge < -0.3 is 4.74 Å². The molecule has 150 valence electrons. The first kappa shape index (κ1) is 20.3. The maximum Gasteiger partial charge on any atom is 0.338 e. The zero-order chi connectivity index (χ0) is 20.5. The van der Waals surface area contributed by atoms with Crippen LogP contribution in [0.15, 0.2) is 54.6 Å². The van der Waals surface area contributed by atoms with E-state index in [4.69, 9.17) is 4.74 Å². The predicted molar refractivity (Wildman–Crippen MR) is 116 cm³/mol. The summed E-state index contributed by atoms with van der Waals surface area (Å²) in [5, 5.41) is 0. The number of halogens is 2. The highest BCUT2D eigenvalue weighted by molar-refractivity contribution is 9.12. The standard InChI is InChI=1S/C22H19Br2NO4/c23-18-10-16-17(11-19(18)24)21(27)25(20(16)26)15-8-4-7-14(9-15)22(28)29-12-13-5-2-1-3-6-13/h1-9,16-19H,10-12H2/t16-,17-,18-,19+/m0/s1. The molecule has 4 atom stereocenters. The molecule has 0 radical (unpaired) electrons. The van der Waals surface area contributed by atoms with Crippen LogP contribution in [0.25, 0.3) is 0 Å². The van der Waals surface area contributed by atoms with Crippen LogP contribution in [0.2, 0.25) is 0 Å². The van der Waals surface area contributed by atoms with Crippen molar-refractivity contribution in [2.45, 2.75) is 29.1 Å². The topological polar surface area (TPSA) is 63.7 Å². The van der Waals surface area contributed by atoms with E-state index in [2.05, 4.69) is 31.9 Å². The van der Waals surface area contributed by atoms with Crippen molar-refractivity contribution >= 4 is 55.3 Å². The van der Waals surface area contributed by atoms with Gasteiger partial charge in [-0.05, 0) is 36.6 Å². The number of hydrogen-bond donors (Lipinski definition) is 0. The van der Waals surface area contributed by atoms with E-state index in [-0.39, 0.29) is 39.9 Å². The van der Waals surface area contributed by atoms with Gasteiger partial charge in [0.2, 0.25) is 11.8 Å². The number of carbonyl (C=O) groups excluding carboxylic acids is 3. The Bertz CT molecular complexity index is 921. The summed E-state index contributed by atoms with van der Waals surface area (Å²) in [5.74, 6) is -1.53. The lowest BCUT2D eigenvalue weighted by molar-refractivity contribution is -0.122. The van der Waals surface area contributed by atoms with E-state index in [9.17, 15) is 14.4 Å². The maximum absolute atomic E-state index is 12.9. The summed E-state index contributed by atoms with van der Waals surface area (Å²) >= 11 is 7.18. The molecule has 1 aliphatic heterocycles. The quantitative estimate of drug-likeness (QED) is 0.339. The van der Waals surface area contributed by atoms with Gasteiger partial charge in [0.1, 0.15) is 6.61 Å². The summed E-state index contributed by atoms with van der Waals surface area (Å²) in [7, 11) is 0. The predicted octanol–water partition coefficient (Wildman–Crippen LogP) is 4.47. The van der Waals surface area contributed by atoms with Gasteiger partial charge in [0.25, 0.3) is 0 Å². The van der Waals surface area contributed by atoms with Crippen molar-refractivity contribution in [2.24, 2.45) is 11.8 Å². The highest BCUT2D eigenvalue weighted by atomic mass is 79.9. The molecule has 2 aromatic rings. The molecule has 2 fully saturated rings. The molecule has 1 saturated heterocycles. The minimum Gasteiger partial charge on any atom is -0.457 e. The van der Waals surface area contributed by atoms with Crippen molar-refractivity contribution in [3.63, 3.8) is 0 Å². The minimum absolute atomic E-state index is 0.153. The van der Waals surface area contributed by atoms with Gasteiger partial charge in [-0.3, -0.25) is 14.5 Å². The average Bonchev–Trinajstić information content (AvgIpc) is 2.97. The number of ether oxygens (including phenoxy) is 1. The van der Waals surface area contributed by atoms with Crippen LogP contribution in [-0.2, 0) is 20.9 Å². The Labute approximate surface area is 185 Å². The molecule has 0 spiro atoms. The van der Waals surface area contributed by atoms with Crippen molar-refractivity contribution in [3.05, 3.63) is 65.7 Å². The van der Waals surface area contributed by atoms with Gasteiger partial charge in [-0.15, -0.1) is 0 Å². The second-order valence-corrected chi connectivity index (χ2v) is 9.69. The van der Waals surface area contributed by atoms with Crippen molar-refractivity contribution in [2.75, 3.05) is 4.90 Å². The number of nitrogens with zero attached hydrogens (tertiary/aromatic N) is 1. The van der Waals surface area contributed by atoms with E-state index in [0.29, 0.717) is 24.1 Å². The van der Waals surface area contributed by atoms with Crippen LogP contribution >= 0.6 is 31.9 Å². The Hall–Kier alpha value is -1.99. The average molecular weight is 521 g/mol. The fourth-order valence-electron chi connectivity index (χ4n) is 3.93. The SMILES string of the molecule is O=C(OCc1ccccc1)c1cccc(N2C(=O)[C@H]3C[C@@H](Br)[C@@H](Br)C[C@@H]3C2=O)c1. The van der Waals surface area contributed by atoms with E-state index >= 15 is 0 Å². The van der Waals surface area contributed by atoms with Gasteiger partial charge in [0, 0.05) is 9.65 Å². The minimum atomic E-state index is -0.492. The summed E-state index contributed by atoms with van der Waals surface area (Å²) < 4.78 is 5.37. The molecule has 2 aliphatic rings. The van der Waals surface area contributed by atoms with Crippen molar-refractivity contribution < 1.29 is 19.1 Å². The molecule has 0 aromatic heterocycles. The number of rotatable bonds is 4. The van der Waals surface area contributed by atoms with Crippen LogP contribution in [0.4, 0.5) is 5.69 Å². The van der Waals surface area contributed by atoms with Crippen LogP contribution in [0.5, 0.6) is 0 Å². The summed E-state index contributed by atoms with van der Waals surface area (Å²) in [5.41, 5.74) is 1.62. The lowest BCUT2D eigenvalue weighted by Crippen LogP contribution is -2.34. The van der Waals surface area contributed by atoms with Gasteiger partial charge >= 0.3 is 5.97 Å². The molecule has 0 N–H and O–H groups in total. The summed E-state index contributed by atoms with van der Waals surface area (Å²) in [6.45, 7) is 0.162. The first-order valence-corrected chi connectivity index (χ1v) is 11.3. The molecule has 4 rings (SSSR count). The molecular weight excluding hydrogens is 502 g/mol. The van der Waals surface area contributed by atoms with Crippen LogP contribution in [0, 0.1) is 11.8 Å². The van der Waals surface area contributed by atoms with E-state index in [1.165, 1.54) is 4.90 Å². The molecule has 5 nitrogen and oxygen atoms in total. The second kappa shape index (κ2) is 8.40. The Morgan fingerprint density at radius 3 is 2.17 bits per heavy atom. The van der Waals surface area contributed by atoms with Crippen LogP contribution < -0.4 is 4.90 Å². The Kier molecular flexibility index (Phi) is 5.88. The molecule has 0 unspecified atom stereocenters. The normalized spacial score (nSPS) is 26.3. The molecule has 0 bridgehead atoms.